The lowest BCUT2D eigenvalue weighted by Gasteiger charge is -2.09. The second kappa shape index (κ2) is 5.77. The molecule has 0 N–H and O–H groups in total. The van der Waals surface area contributed by atoms with Gasteiger partial charge in [-0.2, -0.15) is 13.2 Å². The van der Waals surface area contributed by atoms with Crippen molar-refractivity contribution in [3.63, 3.8) is 0 Å². The highest BCUT2D eigenvalue weighted by molar-refractivity contribution is 5.79. The van der Waals surface area contributed by atoms with Crippen LogP contribution >= 0.6 is 0 Å². The summed E-state index contributed by atoms with van der Waals surface area (Å²) in [6.07, 6.45) is -3.09. The standard InChI is InChI=1S/C15H12F3NO/c1-11-5-4-6-12(9-11)10-19-20-14-8-3-2-7-13(14)15(16,17)18/h2-10H,1H3/b19-10+. The van der Waals surface area contributed by atoms with E-state index < -0.39 is 11.7 Å². The Balaban J connectivity index is 2.16. The SMILES string of the molecule is Cc1cccc(/C=N/Oc2ccccc2C(F)(F)F)c1. The van der Waals surface area contributed by atoms with Crippen LogP contribution in [0.2, 0.25) is 0 Å². The molecule has 0 aliphatic rings. The summed E-state index contributed by atoms with van der Waals surface area (Å²) in [6, 6.07) is 12.3. The van der Waals surface area contributed by atoms with Crippen LogP contribution in [0, 0.1) is 6.92 Å². The summed E-state index contributed by atoms with van der Waals surface area (Å²) in [6.45, 7) is 1.91. The van der Waals surface area contributed by atoms with Gasteiger partial charge in [-0.25, -0.2) is 0 Å². The fourth-order valence-electron chi connectivity index (χ4n) is 1.67. The van der Waals surface area contributed by atoms with Crippen molar-refractivity contribution in [2.24, 2.45) is 5.16 Å². The third kappa shape index (κ3) is 3.60. The van der Waals surface area contributed by atoms with Gasteiger partial charge in [-0.1, -0.05) is 47.1 Å². The van der Waals surface area contributed by atoms with Crippen LogP contribution in [0.25, 0.3) is 0 Å². The molecule has 0 radical (unpaired) electrons. The summed E-state index contributed by atoms with van der Waals surface area (Å²) in [7, 11) is 0. The second-order valence-corrected chi connectivity index (χ2v) is 4.23. The molecule has 0 amide bonds. The molecule has 0 aliphatic carbocycles. The molecule has 2 nitrogen and oxygen atoms in total. The third-order valence-corrected chi connectivity index (χ3v) is 2.59. The van der Waals surface area contributed by atoms with Crippen LogP contribution < -0.4 is 4.84 Å². The Morgan fingerprint density at radius 3 is 2.50 bits per heavy atom. The van der Waals surface area contributed by atoms with Crippen molar-refractivity contribution in [1.82, 2.24) is 0 Å². The first-order valence-corrected chi connectivity index (χ1v) is 5.90. The van der Waals surface area contributed by atoms with E-state index in [4.69, 9.17) is 4.84 Å². The first kappa shape index (κ1) is 14.1. The molecule has 0 spiro atoms. The van der Waals surface area contributed by atoms with Crippen LogP contribution in [0.1, 0.15) is 16.7 Å². The van der Waals surface area contributed by atoms with Gasteiger partial charge in [0.15, 0.2) is 5.75 Å². The second-order valence-electron chi connectivity index (χ2n) is 4.23. The van der Waals surface area contributed by atoms with Crippen LogP contribution in [0.5, 0.6) is 5.75 Å². The van der Waals surface area contributed by atoms with Gasteiger partial charge < -0.3 is 4.84 Å². The number of oxime groups is 1. The van der Waals surface area contributed by atoms with Crippen LogP contribution in [0.4, 0.5) is 13.2 Å². The van der Waals surface area contributed by atoms with E-state index in [0.29, 0.717) is 0 Å². The molecule has 104 valence electrons. The smallest absolute Gasteiger partial charge is 0.356 e. The number of hydrogen-bond acceptors (Lipinski definition) is 2. The largest absolute Gasteiger partial charge is 0.420 e. The molecule has 2 rings (SSSR count). The topological polar surface area (TPSA) is 21.6 Å². The maximum atomic E-state index is 12.7. The van der Waals surface area contributed by atoms with E-state index in [1.54, 1.807) is 6.07 Å². The van der Waals surface area contributed by atoms with E-state index in [9.17, 15) is 13.2 Å². The molecule has 5 heteroatoms. The Kier molecular flexibility index (Phi) is 4.08. The summed E-state index contributed by atoms with van der Waals surface area (Å²) in [5, 5.41) is 3.60. The van der Waals surface area contributed by atoms with Crippen LogP contribution in [-0.4, -0.2) is 6.21 Å². The Labute approximate surface area is 114 Å². The zero-order chi connectivity index (χ0) is 14.6. The van der Waals surface area contributed by atoms with Crippen LogP contribution in [0.3, 0.4) is 0 Å². The van der Waals surface area contributed by atoms with Gasteiger partial charge in [0.05, 0.1) is 6.21 Å². The average Bonchev–Trinajstić information content (AvgIpc) is 2.38. The molecular formula is C15H12F3NO. The van der Waals surface area contributed by atoms with Gasteiger partial charge in [0.25, 0.3) is 0 Å². The van der Waals surface area contributed by atoms with Crippen molar-refractivity contribution in [1.29, 1.82) is 0 Å². The molecule has 0 heterocycles. The molecule has 2 aromatic carbocycles. The number of hydrogen-bond donors (Lipinski definition) is 0. The minimum Gasteiger partial charge on any atom is -0.356 e. The van der Waals surface area contributed by atoms with Crippen molar-refractivity contribution in [3.8, 4) is 5.75 Å². The summed E-state index contributed by atoms with van der Waals surface area (Å²) in [5.41, 5.74) is 0.945. The number of para-hydroxylation sites is 1. The minimum absolute atomic E-state index is 0.316. The summed E-state index contributed by atoms with van der Waals surface area (Å²) in [5.74, 6) is -0.316. The lowest BCUT2D eigenvalue weighted by Crippen LogP contribution is -2.06. The van der Waals surface area contributed by atoms with Gasteiger partial charge in [0, 0.05) is 0 Å². The number of nitrogens with zero attached hydrogens (tertiary/aromatic N) is 1. The Morgan fingerprint density at radius 2 is 1.80 bits per heavy atom. The molecule has 0 saturated heterocycles. The average molecular weight is 279 g/mol. The summed E-state index contributed by atoms with van der Waals surface area (Å²) in [4.78, 5) is 4.86. The number of aryl methyl sites for hydroxylation is 1. The van der Waals surface area contributed by atoms with E-state index in [-0.39, 0.29) is 5.75 Å². The molecule has 0 fully saturated rings. The van der Waals surface area contributed by atoms with Crippen molar-refractivity contribution in [2.45, 2.75) is 13.1 Å². The number of benzene rings is 2. The maximum Gasteiger partial charge on any atom is 0.420 e. The number of halogens is 3. The van der Waals surface area contributed by atoms with E-state index in [1.165, 1.54) is 24.4 Å². The first-order chi connectivity index (χ1) is 9.47. The maximum absolute atomic E-state index is 12.7. The van der Waals surface area contributed by atoms with Gasteiger partial charge >= 0.3 is 6.18 Å². The third-order valence-electron chi connectivity index (χ3n) is 2.59. The van der Waals surface area contributed by atoms with E-state index in [2.05, 4.69) is 5.16 Å². The minimum atomic E-state index is -4.46. The zero-order valence-corrected chi connectivity index (χ0v) is 10.7. The monoisotopic (exact) mass is 279 g/mol. The summed E-state index contributed by atoms with van der Waals surface area (Å²) < 4.78 is 38.2. The van der Waals surface area contributed by atoms with Gasteiger partial charge in [0.1, 0.15) is 5.56 Å². The molecule has 0 aliphatic heterocycles. The molecule has 2 aromatic rings. The van der Waals surface area contributed by atoms with E-state index in [0.717, 1.165) is 17.2 Å². The van der Waals surface area contributed by atoms with Gasteiger partial charge in [0.2, 0.25) is 0 Å². The van der Waals surface area contributed by atoms with Gasteiger partial charge in [-0.15, -0.1) is 0 Å². The molecule has 20 heavy (non-hydrogen) atoms. The van der Waals surface area contributed by atoms with Crippen LogP contribution in [0.15, 0.2) is 53.7 Å². The highest BCUT2D eigenvalue weighted by atomic mass is 19.4. The fourth-order valence-corrected chi connectivity index (χ4v) is 1.67. The first-order valence-electron chi connectivity index (χ1n) is 5.90. The normalized spacial score (nSPS) is 11.8. The number of rotatable bonds is 3. The van der Waals surface area contributed by atoms with E-state index in [1.807, 2.05) is 25.1 Å². The number of alkyl halides is 3. The lowest BCUT2D eigenvalue weighted by molar-refractivity contribution is -0.138. The predicted octanol–water partition coefficient (Wildman–Crippen LogP) is 4.43. The quantitative estimate of drug-likeness (QED) is 0.601. The molecule has 0 aromatic heterocycles. The van der Waals surface area contributed by atoms with Crippen LogP contribution in [-0.2, 0) is 6.18 Å². The Hall–Kier alpha value is -2.30. The highest BCUT2D eigenvalue weighted by Gasteiger charge is 2.34. The molecule has 0 unspecified atom stereocenters. The lowest BCUT2D eigenvalue weighted by atomic mass is 10.2. The zero-order valence-electron chi connectivity index (χ0n) is 10.7. The van der Waals surface area contributed by atoms with Crippen molar-refractivity contribution >= 4 is 6.21 Å². The molecule has 0 atom stereocenters. The summed E-state index contributed by atoms with van der Waals surface area (Å²) >= 11 is 0. The van der Waals surface area contributed by atoms with Crippen molar-refractivity contribution in [2.75, 3.05) is 0 Å². The molecule has 0 saturated carbocycles. The fraction of sp³-hybridized carbons (Fsp3) is 0.133. The molecule has 0 bridgehead atoms. The highest BCUT2D eigenvalue weighted by Crippen LogP contribution is 2.35. The van der Waals surface area contributed by atoms with E-state index >= 15 is 0 Å². The van der Waals surface area contributed by atoms with Crippen molar-refractivity contribution < 1.29 is 18.0 Å². The van der Waals surface area contributed by atoms with Gasteiger partial charge in [-0.05, 0) is 24.6 Å². The van der Waals surface area contributed by atoms with Gasteiger partial charge in [-0.3, -0.25) is 0 Å². The molecular weight excluding hydrogens is 267 g/mol. The van der Waals surface area contributed by atoms with Crippen molar-refractivity contribution in [3.05, 3.63) is 65.2 Å². The Morgan fingerprint density at radius 1 is 1.05 bits per heavy atom. The predicted molar refractivity (Wildman–Crippen MR) is 70.8 cm³/mol. The Bertz CT molecular complexity index is 621.